The fraction of sp³-hybridized carbons (Fsp3) is 0.294. The summed E-state index contributed by atoms with van der Waals surface area (Å²) < 4.78 is 6.63. The second-order valence-electron chi connectivity index (χ2n) is 4.87. The average Bonchev–Trinajstić information content (AvgIpc) is 2.38. The van der Waals surface area contributed by atoms with Crippen molar-refractivity contribution in [1.29, 1.82) is 0 Å². The Morgan fingerprint density at radius 1 is 1.15 bits per heavy atom. The summed E-state index contributed by atoms with van der Waals surface area (Å²) in [5.74, 6) is 0.923. The van der Waals surface area contributed by atoms with Gasteiger partial charge in [-0.2, -0.15) is 0 Å². The molecule has 2 aromatic carbocycles. The largest absolute Gasteiger partial charge is 0.494 e. The number of benzene rings is 2. The molecule has 1 N–H and O–H groups in total. The van der Waals surface area contributed by atoms with Gasteiger partial charge >= 0.3 is 0 Å². The van der Waals surface area contributed by atoms with Gasteiger partial charge in [0.1, 0.15) is 5.75 Å². The van der Waals surface area contributed by atoms with Crippen LogP contribution in [0.5, 0.6) is 5.75 Å². The minimum Gasteiger partial charge on any atom is -0.494 e. The van der Waals surface area contributed by atoms with Crippen molar-refractivity contribution in [3.8, 4) is 5.75 Å². The van der Waals surface area contributed by atoms with E-state index < -0.39 is 0 Å². The van der Waals surface area contributed by atoms with Gasteiger partial charge in [0.15, 0.2) is 0 Å². The van der Waals surface area contributed by atoms with Crippen molar-refractivity contribution < 1.29 is 4.74 Å². The number of ether oxygens (including phenoxy) is 1. The van der Waals surface area contributed by atoms with E-state index in [4.69, 9.17) is 4.74 Å². The van der Waals surface area contributed by atoms with Gasteiger partial charge in [-0.3, -0.25) is 0 Å². The highest BCUT2D eigenvalue weighted by Crippen LogP contribution is 2.28. The van der Waals surface area contributed by atoms with Crippen molar-refractivity contribution in [1.82, 2.24) is 0 Å². The Morgan fingerprint density at radius 2 is 1.95 bits per heavy atom. The average molecular weight is 334 g/mol. The minimum absolute atomic E-state index is 0.694. The quantitative estimate of drug-likeness (QED) is 0.824. The molecule has 0 heterocycles. The third-order valence-corrected chi connectivity index (χ3v) is 3.74. The second kappa shape index (κ2) is 6.80. The van der Waals surface area contributed by atoms with Gasteiger partial charge in [0, 0.05) is 11.0 Å². The van der Waals surface area contributed by atoms with Gasteiger partial charge in [0.2, 0.25) is 0 Å². The number of nitrogens with one attached hydrogen (secondary N) is 1. The number of halogens is 1. The van der Waals surface area contributed by atoms with Gasteiger partial charge < -0.3 is 10.1 Å². The molecule has 0 bridgehead atoms. The zero-order chi connectivity index (χ0) is 14.5. The van der Waals surface area contributed by atoms with Crippen LogP contribution in [0.4, 0.5) is 5.69 Å². The van der Waals surface area contributed by atoms with Crippen LogP contribution in [0, 0.1) is 13.8 Å². The first-order chi connectivity index (χ1) is 9.60. The highest BCUT2D eigenvalue weighted by Gasteiger charge is 2.05. The number of anilines is 1. The molecule has 0 saturated heterocycles. The van der Waals surface area contributed by atoms with E-state index in [0.717, 1.165) is 22.5 Å². The lowest BCUT2D eigenvalue weighted by Crippen LogP contribution is -2.03. The maximum atomic E-state index is 5.52. The third kappa shape index (κ3) is 3.76. The van der Waals surface area contributed by atoms with E-state index in [0.29, 0.717) is 6.61 Å². The number of rotatable bonds is 5. The predicted octanol–water partition coefficient (Wildman–Crippen LogP) is 5.08. The molecule has 0 aliphatic heterocycles. The maximum Gasteiger partial charge on any atom is 0.119 e. The molecule has 0 radical (unpaired) electrons. The summed E-state index contributed by atoms with van der Waals surface area (Å²) >= 11 is 3.62. The van der Waals surface area contributed by atoms with E-state index in [1.165, 1.54) is 16.7 Å². The molecule has 3 heteroatoms. The SMILES string of the molecule is CCOc1cccc(CNc2c(C)cc(C)cc2Br)c1. The molecule has 0 spiro atoms. The Balaban J connectivity index is 2.11. The molecule has 0 saturated carbocycles. The van der Waals surface area contributed by atoms with E-state index in [9.17, 15) is 0 Å². The molecule has 0 fully saturated rings. The molecular weight excluding hydrogens is 314 g/mol. The number of aryl methyl sites for hydroxylation is 2. The van der Waals surface area contributed by atoms with E-state index >= 15 is 0 Å². The van der Waals surface area contributed by atoms with E-state index in [-0.39, 0.29) is 0 Å². The van der Waals surface area contributed by atoms with Crippen LogP contribution in [0.25, 0.3) is 0 Å². The molecule has 106 valence electrons. The zero-order valence-electron chi connectivity index (χ0n) is 12.2. The van der Waals surface area contributed by atoms with E-state index in [2.05, 4.69) is 59.4 Å². The van der Waals surface area contributed by atoms with Crippen molar-refractivity contribution >= 4 is 21.6 Å². The van der Waals surface area contributed by atoms with E-state index in [1.807, 2.05) is 19.1 Å². The Morgan fingerprint density at radius 3 is 2.65 bits per heavy atom. The Labute approximate surface area is 129 Å². The molecule has 0 unspecified atom stereocenters. The molecule has 0 amide bonds. The molecule has 2 rings (SSSR count). The van der Waals surface area contributed by atoms with Crippen LogP contribution in [0.2, 0.25) is 0 Å². The van der Waals surface area contributed by atoms with Gasteiger partial charge in [-0.1, -0.05) is 18.2 Å². The fourth-order valence-electron chi connectivity index (χ4n) is 2.24. The molecule has 2 aromatic rings. The first-order valence-electron chi connectivity index (χ1n) is 6.82. The Kier molecular flexibility index (Phi) is 5.07. The van der Waals surface area contributed by atoms with Crippen molar-refractivity contribution in [3.63, 3.8) is 0 Å². The molecule has 0 aliphatic carbocycles. The molecule has 0 aromatic heterocycles. The normalized spacial score (nSPS) is 10.4. The summed E-state index contributed by atoms with van der Waals surface area (Å²) in [4.78, 5) is 0. The summed E-state index contributed by atoms with van der Waals surface area (Å²) in [5.41, 5.74) is 4.87. The first kappa shape index (κ1) is 14.9. The van der Waals surface area contributed by atoms with Crippen molar-refractivity contribution in [3.05, 3.63) is 57.6 Å². The van der Waals surface area contributed by atoms with Crippen LogP contribution in [0.15, 0.2) is 40.9 Å². The van der Waals surface area contributed by atoms with Crippen LogP contribution in [0.3, 0.4) is 0 Å². The van der Waals surface area contributed by atoms with Gasteiger partial charge in [-0.05, 0) is 71.6 Å². The maximum absolute atomic E-state index is 5.52. The second-order valence-corrected chi connectivity index (χ2v) is 5.73. The van der Waals surface area contributed by atoms with Crippen molar-refractivity contribution in [2.24, 2.45) is 0 Å². The van der Waals surface area contributed by atoms with Crippen LogP contribution in [0.1, 0.15) is 23.6 Å². The summed E-state index contributed by atoms with van der Waals surface area (Å²) in [6.45, 7) is 7.70. The van der Waals surface area contributed by atoms with E-state index in [1.54, 1.807) is 0 Å². The van der Waals surface area contributed by atoms with Crippen molar-refractivity contribution in [2.75, 3.05) is 11.9 Å². The topological polar surface area (TPSA) is 21.3 Å². The monoisotopic (exact) mass is 333 g/mol. The smallest absolute Gasteiger partial charge is 0.119 e. The number of hydrogen-bond acceptors (Lipinski definition) is 2. The fourth-order valence-corrected chi connectivity index (χ4v) is 3.06. The molecule has 0 aliphatic rings. The van der Waals surface area contributed by atoms with Gasteiger partial charge in [0.05, 0.1) is 12.3 Å². The molecule has 0 atom stereocenters. The third-order valence-electron chi connectivity index (χ3n) is 3.11. The van der Waals surface area contributed by atoms with Gasteiger partial charge in [-0.15, -0.1) is 0 Å². The predicted molar refractivity (Wildman–Crippen MR) is 88.6 cm³/mol. The summed E-state index contributed by atoms with van der Waals surface area (Å²) in [6.07, 6.45) is 0. The summed E-state index contributed by atoms with van der Waals surface area (Å²) in [7, 11) is 0. The zero-order valence-corrected chi connectivity index (χ0v) is 13.8. The lowest BCUT2D eigenvalue weighted by atomic mass is 10.1. The standard InChI is InChI=1S/C17H20BrNO/c1-4-20-15-7-5-6-14(10-15)11-19-17-13(3)8-12(2)9-16(17)18/h5-10,19H,4,11H2,1-3H3. The van der Waals surface area contributed by atoms with Crippen LogP contribution in [-0.4, -0.2) is 6.61 Å². The number of hydrogen-bond donors (Lipinski definition) is 1. The molecular formula is C17H20BrNO. The Hall–Kier alpha value is -1.48. The van der Waals surface area contributed by atoms with Crippen molar-refractivity contribution in [2.45, 2.75) is 27.3 Å². The first-order valence-corrected chi connectivity index (χ1v) is 7.62. The minimum atomic E-state index is 0.694. The highest BCUT2D eigenvalue weighted by atomic mass is 79.9. The molecule has 20 heavy (non-hydrogen) atoms. The van der Waals surface area contributed by atoms with Gasteiger partial charge in [0.25, 0.3) is 0 Å². The summed E-state index contributed by atoms with van der Waals surface area (Å²) in [6, 6.07) is 12.5. The van der Waals surface area contributed by atoms with Gasteiger partial charge in [-0.25, -0.2) is 0 Å². The van der Waals surface area contributed by atoms with Crippen LogP contribution < -0.4 is 10.1 Å². The Bertz CT molecular complexity index is 572. The lowest BCUT2D eigenvalue weighted by molar-refractivity contribution is 0.340. The van der Waals surface area contributed by atoms with Crippen LogP contribution >= 0.6 is 15.9 Å². The van der Waals surface area contributed by atoms with Crippen LogP contribution in [-0.2, 0) is 6.54 Å². The molecule has 2 nitrogen and oxygen atoms in total. The summed E-state index contributed by atoms with van der Waals surface area (Å²) in [5, 5.41) is 3.49. The highest BCUT2D eigenvalue weighted by molar-refractivity contribution is 9.10. The lowest BCUT2D eigenvalue weighted by Gasteiger charge is -2.13.